The van der Waals surface area contributed by atoms with Gasteiger partial charge in [0.05, 0.1) is 6.61 Å². The second kappa shape index (κ2) is 3.26. The number of hydrogen-bond donors (Lipinski definition) is 1. The molecule has 1 aromatic rings. The van der Waals surface area contributed by atoms with Crippen molar-refractivity contribution >= 4 is 5.88 Å². The van der Waals surface area contributed by atoms with Crippen LogP contribution >= 0.6 is 0 Å². The van der Waals surface area contributed by atoms with Crippen molar-refractivity contribution in [2.24, 2.45) is 0 Å². The van der Waals surface area contributed by atoms with Crippen molar-refractivity contribution in [2.45, 2.75) is 25.7 Å². The highest BCUT2D eigenvalue weighted by Gasteiger charge is 2.36. The minimum Gasteiger partial charge on any atom is -0.447 e. The van der Waals surface area contributed by atoms with Crippen molar-refractivity contribution in [1.82, 2.24) is 0 Å². The summed E-state index contributed by atoms with van der Waals surface area (Å²) in [5.74, 6) is -0.496. The molecule has 15 heavy (non-hydrogen) atoms. The van der Waals surface area contributed by atoms with E-state index in [0.717, 1.165) is 0 Å². The van der Waals surface area contributed by atoms with Crippen molar-refractivity contribution in [3.8, 4) is 6.07 Å². The molecule has 0 spiro atoms. The van der Waals surface area contributed by atoms with Gasteiger partial charge in [-0.15, -0.1) is 0 Å². The molecule has 1 aliphatic rings. The van der Waals surface area contributed by atoms with Crippen LogP contribution in [-0.4, -0.2) is 12.4 Å². The zero-order chi connectivity index (χ0) is 11.1. The molecule has 5 nitrogen and oxygen atoms in total. The number of nitrogens with two attached hydrogens (primary N) is 1. The largest absolute Gasteiger partial charge is 0.447 e. The van der Waals surface area contributed by atoms with E-state index in [1.807, 2.05) is 19.9 Å². The predicted molar refractivity (Wildman–Crippen MR) is 51.7 cm³/mol. The third kappa shape index (κ3) is 1.69. The van der Waals surface area contributed by atoms with Crippen LogP contribution in [0.3, 0.4) is 0 Å². The number of rotatable bonds is 1. The topological polar surface area (TPSA) is 81.4 Å². The first kappa shape index (κ1) is 10.0. The number of ether oxygens (including phenoxy) is 2. The number of hydrogen-bond acceptors (Lipinski definition) is 5. The Morgan fingerprint density at radius 3 is 2.87 bits per heavy atom. The van der Waals surface area contributed by atoms with Gasteiger partial charge in [0.2, 0.25) is 5.88 Å². The fourth-order valence-corrected chi connectivity index (χ4v) is 1.58. The van der Waals surface area contributed by atoms with E-state index in [1.54, 1.807) is 0 Å². The lowest BCUT2D eigenvalue weighted by Gasteiger charge is -2.16. The standard InChI is InChI=1S/C10H12N2O3/c1-10(2)14-5-8(15-10)7-4-13-9(12)6(7)3-11/h4,8H,5,12H2,1-2H3/t8-/m0/s1. The average molecular weight is 208 g/mol. The van der Waals surface area contributed by atoms with E-state index in [4.69, 9.17) is 24.9 Å². The molecule has 0 saturated carbocycles. The Labute approximate surface area is 87.4 Å². The summed E-state index contributed by atoms with van der Waals surface area (Å²) in [7, 11) is 0. The summed E-state index contributed by atoms with van der Waals surface area (Å²) in [5, 5.41) is 8.89. The molecular weight excluding hydrogens is 196 g/mol. The zero-order valence-electron chi connectivity index (χ0n) is 8.61. The summed E-state index contributed by atoms with van der Waals surface area (Å²) >= 11 is 0. The van der Waals surface area contributed by atoms with Crippen LogP contribution in [-0.2, 0) is 9.47 Å². The molecule has 0 radical (unpaired) electrons. The molecule has 2 N–H and O–H groups in total. The molecule has 2 rings (SSSR count). The summed E-state index contributed by atoms with van der Waals surface area (Å²) in [4.78, 5) is 0. The van der Waals surface area contributed by atoms with E-state index in [0.29, 0.717) is 17.7 Å². The summed E-state index contributed by atoms with van der Waals surface area (Å²) in [5.41, 5.74) is 6.49. The first-order valence-corrected chi connectivity index (χ1v) is 4.62. The summed E-state index contributed by atoms with van der Waals surface area (Å²) in [6, 6.07) is 1.99. The Kier molecular flexibility index (Phi) is 2.18. The lowest BCUT2D eigenvalue weighted by molar-refractivity contribution is -0.139. The summed E-state index contributed by atoms with van der Waals surface area (Å²) in [6.45, 7) is 4.05. The van der Waals surface area contributed by atoms with Gasteiger partial charge < -0.3 is 19.6 Å². The maximum atomic E-state index is 8.89. The molecule has 80 valence electrons. The van der Waals surface area contributed by atoms with Gasteiger partial charge in [-0.2, -0.15) is 5.26 Å². The second-order valence-corrected chi connectivity index (χ2v) is 3.86. The molecule has 5 heteroatoms. The third-order valence-electron chi connectivity index (χ3n) is 2.32. The first-order valence-electron chi connectivity index (χ1n) is 4.62. The SMILES string of the molecule is CC1(C)OC[C@@H](c2coc(N)c2C#N)O1. The van der Waals surface area contributed by atoms with Crippen LogP contribution in [0.2, 0.25) is 0 Å². The van der Waals surface area contributed by atoms with Gasteiger partial charge in [-0.05, 0) is 13.8 Å². The molecule has 1 aromatic heterocycles. The Morgan fingerprint density at radius 2 is 2.33 bits per heavy atom. The minimum atomic E-state index is -0.622. The molecule has 1 fully saturated rings. The van der Waals surface area contributed by atoms with Crippen molar-refractivity contribution in [1.29, 1.82) is 5.26 Å². The fraction of sp³-hybridized carbons (Fsp3) is 0.500. The minimum absolute atomic E-state index is 0.126. The van der Waals surface area contributed by atoms with Gasteiger partial charge in [0.25, 0.3) is 0 Å². The first-order chi connectivity index (χ1) is 7.03. The van der Waals surface area contributed by atoms with Crippen LogP contribution in [0.15, 0.2) is 10.7 Å². The van der Waals surface area contributed by atoms with Crippen LogP contribution < -0.4 is 5.73 Å². The van der Waals surface area contributed by atoms with Crippen LogP contribution in [0.25, 0.3) is 0 Å². The second-order valence-electron chi connectivity index (χ2n) is 3.86. The Morgan fingerprint density at radius 1 is 1.60 bits per heavy atom. The number of anilines is 1. The molecule has 1 saturated heterocycles. The van der Waals surface area contributed by atoms with Crippen LogP contribution in [0.4, 0.5) is 5.88 Å². The van der Waals surface area contributed by atoms with E-state index >= 15 is 0 Å². The summed E-state index contributed by atoms with van der Waals surface area (Å²) in [6.07, 6.45) is 1.17. The van der Waals surface area contributed by atoms with Crippen molar-refractivity contribution in [3.05, 3.63) is 17.4 Å². The number of nitrogens with zero attached hydrogens (tertiary/aromatic N) is 1. The quantitative estimate of drug-likeness (QED) is 0.757. The number of furan rings is 1. The van der Waals surface area contributed by atoms with Crippen LogP contribution in [0.1, 0.15) is 31.1 Å². The van der Waals surface area contributed by atoms with Gasteiger partial charge in [0.15, 0.2) is 5.79 Å². The number of nitrogen functional groups attached to an aromatic ring is 1. The molecular formula is C10H12N2O3. The summed E-state index contributed by atoms with van der Waals surface area (Å²) < 4.78 is 16.0. The lowest BCUT2D eigenvalue weighted by Crippen LogP contribution is -2.19. The van der Waals surface area contributed by atoms with Gasteiger partial charge in [-0.25, -0.2) is 0 Å². The zero-order valence-corrected chi connectivity index (χ0v) is 8.61. The normalized spacial score (nSPS) is 23.9. The van der Waals surface area contributed by atoms with Gasteiger partial charge in [0.1, 0.15) is 24.0 Å². The van der Waals surface area contributed by atoms with E-state index in [9.17, 15) is 0 Å². The van der Waals surface area contributed by atoms with Gasteiger partial charge in [-0.1, -0.05) is 0 Å². The molecule has 0 unspecified atom stereocenters. The van der Waals surface area contributed by atoms with Gasteiger partial charge >= 0.3 is 0 Å². The maximum Gasteiger partial charge on any atom is 0.208 e. The van der Waals surface area contributed by atoms with Crippen molar-refractivity contribution < 1.29 is 13.9 Å². The molecule has 1 atom stereocenters. The molecule has 0 aromatic carbocycles. The molecule has 0 aliphatic carbocycles. The van der Waals surface area contributed by atoms with E-state index in [-0.39, 0.29) is 12.0 Å². The van der Waals surface area contributed by atoms with E-state index < -0.39 is 5.79 Å². The highest BCUT2D eigenvalue weighted by molar-refractivity contribution is 5.52. The Hall–Kier alpha value is -1.51. The highest BCUT2D eigenvalue weighted by Crippen LogP contribution is 2.36. The van der Waals surface area contributed by atoms with Gasteiger partial charge in [0, 0.05) is 5.56 Å². The van der Waals surface area contributed by atoms with E-state index in [1.165, 1.54) is 6.26 Å². The Balaban J connectivity index is 2.29. The monoisotopic (exact) mass is 208 g/mol. The lowest BCUT2D eigenvalue weighted by atomic mass is 10.1. The van der Waals surface area contributed by atoms with Crippen molar-refractivity contribution in [2.75, 3.05) is 12.3 Å². The van der Waals surface area contributed by atoms with Gasteiger partial charge in [-0.3, -0.25) is 0 Å². The molecule has 1 aliphatic heterocycles. The Bertz CT molecular complexity index is 417. The predicted octanol–water partition coefficient (Wildman–Crippen LogP) is 1.56. The maximum absolute atomic E-state index is 8.89. The number of nitriles is 1. The molecule has 2 heterocycles. The molecule has 0 amide bonds. The molecule has 0 bridgehead atoms. The smallest absolute Gasteiger partial charge is 0.208 e. The average Bonchev–Trinajstić information content (AvgIpc) is 2.69. The highest BCUT2D eigenvalue weighted by atomic mass is 16.7. The third-order valence-corrected chi connectivity index (χ3v) is 2.32. The fourth-order valence-electron chi connectivity index (χ4n) is 1.58. The van der Waals surface area contributed by atoms with Crippen LogP contribution in [0, 0.1) is 11.3 Å². The van der Waals surface area contributed by atoms with Crippen molar-refractivity contribution in [3.63, 3.8) is 0 Å². The van der Waals surface area contributed by atoms with Crippen LogP contribution in [0.5, 0.6) is 0 Å². The van der Waals surface area contributed by atoms with E-state index in [2.05, 4.69) is 0 Å².